The number of aromatic nitrogens is 2. The first-order chi connectivity index (χ1) is 7.81. The Balaban J connectivity index is 2.52. The van der Waals surface area contributed by atoms with Gasteiger partial charge in [-0.05, 0) is 0 Å². The number of hydrogen-bond acceptors (Lipinski definition) is 5. The molecule has 0 spiro atoms. The van der Waals surface area contributed by atoms with Gasteiger partial charge in [-0.15, -0.1) is 0 Å². The summed E-state index contributed by atoms with van der Waals surface area (Å²) in [4.78, 5) is 22.3. The van der Waals surface area contributed by atoms with E-state index in [0.29, 0.717) is 0 Å². The normalized spacial score (nSPS) is 19.7. The summed E-state index contributed by atoms with van der Waals surface area (Å²) in [6.45, 7) is -0.170. The van der Waals surface area contributed by atoms with E-state index in [9.17, 15) is 18.0 Å². The molecule has 0 unspecified atom stereocenters. The summed E-state index contributed by atoms with van der Waals surface area (Å²) in [6, 6.07) is 1.08. The number of ketones is 1. The summed E-state index contributed by atoms with van der Waals surface area (Å²) in [7, 11) is -2.34. The third-order valence-electron chi connectivity index (χ3n) is 2.41. The summed E-state index contributed by atoms with van der Waals surface area (Å²) >= 11 is 0. The molecule has 9 heteroatoms. The number of Topliss-reactive ketones (excluding diaryl/α,β-unsaturated/α-hetero) is 1. The van der Waals surface area contributed by atoms with Gasteiger partial charge in [-0.2, -0.15) is 9.40 Å². The monoisotopic (exact) mass is 259 g/mol. The van der Waals surface area contributed by atoms with Gasteiger partial charge >= 0.3 is 5.97 Å². The second-order valence-electron chi connectivity index (χ2n) is 3.64. The first kappa shape index (κ1) is 11.7. The lowest BCUT2D eigenvalue weighted by molar-refractivity contribution is 0.0689. The number of carbonyl (C=O) groups excluding carboxylic acids is 1. The van der Waals surface area contributed by atoms with Crippen molar-refractivity contribution in [3.8, 4) is 0 Å². The lowest BCUT2D eigenvalue weighted by Crippen LogP contribution is -2.30. The van der Waals surface area contributed by atoms with Gasteiger partial charge in [-0.25, -0.2) is 17.9 Å². The van der Waals surface area contributed by atoms with Crippen molar-refractivity contribution in [1.82, 2.24) is 14.1 Å². The Hall–Kier alpha value is -1.74. The smallest absolute Gasteiger partial charge is 0.356 e. The first-order valence-corrected chi connectivity index (χ1v) is 6.20. The van der Waals surface area contributed by atoms with Crippen molar-refractivity contribution >= 4 is 21.8 Å². The van der Waals surface area contributed by atoms with Crippen LogP contribution in [0.4, 0.5) is 0 Å². The fourth-order valence-electron chi connectivity index (χ4n) is 1.48. The summed E-state index contributed by atoms with van der Waals surface area (Å²) < 4.78 is 25.1. The van der Waals surface area contributed by atoms with Gasteiger partial charge in [0.2, 0.25) is 10.0 Å². The molecule has 0 aromatic carbocycles. The molecule has 0 saturated heterocycles. The second-order valence-corrected chi connectivity index (χ2v) is 5.71. The number of sulfonamides is 1. The van der Waals surface area contributed by atoms with E-state index in [1.165, 1.54) is 7.05 Å². The topological polar surface area (TPSA) is 110 Å². The molecule has 0 atom stereocenters. The van der Waals surface area contributed by atoms with E-state index in [1.54, 1.807) is 0 Å². The number of aromatic carboxylic acids is 1. The average molecular weight is 259 g/mol. The van der Waals surface area contributed by atoms with Crippen LogP contribution in [0.25, 0.3) is 0 Å². The minimum Gasteiger partial charge on any atom is -0.476 e. The van der Waals surface area contributed by atoms with E-state index in [0.717, 1.165) is 15.1 Å². The van der Waals surface area contributed by atoms with Crippen molar-refractivity contribution in [2.24, 2.45) is 0 Å². The summed E-state index contributed by atoms with van der Waals surface area (Å²) in [5, 5.41) is 12.4. The van der Waals surface area contributed by atoms with Gasteiger partial charge in [0, 0.05) is 13.1 Å². The Morgan fingerprint density at radius 3 is 2.76 bits per heavy atom. The minimum atomic E-state index is -3.64. The number of carboxylic acid groups (broad SMARTS) is 1. The molecule has 1 aliphatic heterocycles. The van der Waals surface area contributed by atoms with E-state index >= 15 is 0 Å². The van der Waals surface area contributed by atoms with E-state index in [2.05, 4.69) is 5.10 Å². The number of carboxylic acids is 1. The molecule has 0 bridgehead atoms. The van der Waals surface area contributed by atoms with Crippen LogP contribution in [0.1, 0.15) is 21.0 Å². The Kier molecular flexibility index (Phi) is 2.51. The van der Waals surface area contributed by atoms with Gasteiger partial charge in [0.25, 0.3) is 0 Å². The SMILES string of the molecule is CN1Cn2nc(C(=O)O)cc2C(=O)CS1(=O)=O. The first-order valence-electron chi connectivity index (χ1n) is 4.59. The molecule has 0 fully saturated rings. The van der Waals surface area contributed by atoms with Gasteiger partial charge in [-0.3, -0.25) is 4.79 Å². The number of fused-ring (bicyclic) bond motifs is 1. The number of nitrogens with zero attached hydrogens (tertiary/aromatic N) is 3. The largest absolute Gasteiger partial charge is 0.476 e. The van der Waals surface area contributed by atoms with Crippen molar-refractivity contribution in [3.05, 3.63) is 17.5 Å². The van der Waals surface area contributed by atoms with Crippen molar-refractivity contribution in [1.29, 1.82) is 0 Å². The zero-order chi connectivity index (χ0) is 12.8. The molecule has 1 N–H and O–H groups in total. The molecule has 1 aromatic rings. The lowest BCUT2D eigenvalue weighted by Gasteiger charge is -2.12. The van der Waals surface area contributed by atoms with Crippen molar-refractivity contribution < 1.29 is 23.1 Å². The van der Waals surface area contributed by atoms with Crippen molar-refractivity contribution in [2.45, 2.75) is 6.67 Å². The van der Waals surface area contributed by atoms with Gasteiger partial charge in [0.05, 0.1) is 0 Å². The van der Waals surface area contributed by atoms with Crippen LogP contribution < -0.4 is 0 Å². The summed E-state index contributed by atoms with van der Waals surface area (Å²) in [5.74, 6) is -2.59. The van der Waals surface area contributed by atoms with E-state index < -0.39 is 27.5 Å². The maximum atomic E-state index is 11.6. The number of hydrogen-bond donors (Lipinski definition) is 1. The highest BCUT2D eigenvalue weighted by Gasteiger charge is 2.31. The van der Waals surface area contributed by atoms with Crippen LogP contribution in [0.3, 0.4) is 0 Å². The van der Waals surface area contributed by atoms with Gasteiger partial charge in [0.15, 0.2) is 11.5 Å². The molecule has 2 rings (SSSR count). The predicted molar refractivity (Wildman–Crippen MR) is 55.1 cm³/mol. The Morgan fingerprint density at radius 2 is 2.18 bits per heavy atom. The van der Waals surface area contributed by atoms with Crippen LogP contribution in [-0.2, 0) is 16.7 Å². The highest BCUT2D eigenvalue weighted by Crippen LogP contribution is 2.14. The quantitative estimate of drug-likeness (QED) is 0.692. The third-order valence-corrected chi connectivity index (χ3v) is 4.10. The van der Waals surface area contributed by atoms with E-state index in [1.807, 2.05) is 0 Å². The van der Waals surface area contributed by atoms with Crippen molar-refractivity contribution in [2.75, 3.05) is 12.8 Å². The Labute approximate surface area is 96.5 Å². The standard InChI is InChI=1S/C8H9N3O5S/c1-10-4-11-6(2-5(9-11)8(13)14)7(12)3-17(10,15)16/h2H,3-4H2,1H3,(H,13,14). The van der Waals surface area contributed by atoms with Gasteiger partial charge < -0.3 is 5.11 Å². The molecule has 2 heterocycles. The molecule has 1 aromatic heterocycles. The third kappa shape index (κ3) is 1.94. The average Bonchev–Trinajstić information content (AvgIpc) is 2.57. The van der Waals surface area contributed by atoms with Gasteiger partial charge in [-0.1, -0.05) is 0 Å². The van der Waals surface area contributed by atoms with Crippen molar-refractivity contribution in [3.63, 3.8) is 0 Å². The van der Waals surface area contributed by atoms with Crippen LogP contribution >= 0.6 is 0 Å². The molecule has 8 nitrogen and oxygen atoms in total. The zero-order valence-corrected chi connectivity index (χ0v) is 9.64. The lowest BCUT2D eigenvalue weighted by atomic mass is 10.3. The van der Waals surface area contributed by atoms with Gasteiger partial charge in [0.1, 0.15) is 18.1 Å². The van der Waals surface area contributed by atoms with Crippen LogP contribution in [0, 0.1) is 0 Å². The summed E-state index contributed by atoms with van der Waals surface area (Å²) in [6.07, 6.45) is 0. The summed E-state index contributed by atoms with van der Waals surface area (Å²) in [5.41, 5.74) is -0.281. The molecule has 1 aliphatic rings. The Morgan fingerprint density at radius 1 is 1.53 bits per heavy atom. The fourth-order valence-corrected chi connectivity index (χ4v) is 2.46. The second kappa shape index (κ2) is 3.64. The van der Waals surface area contributed by atoms with Crippen LogP contribution in [0.5, 0.6) is 0 Å². The molecule has 0 saturated carbocycles. The maximum Gasteiger partial charge on any atom is 0.356 e. The predicted octanol–water partition coefficient (Wildman–Crippen LogP) is -1.00. The molecular formula is C8H9N3O5S. The molecule has 0 radical (unpaired) electrons. The highest BCUT2D eigenvalue weighted by molar-refractivity contribution is 7.89. The minimum absolute atomic E-state index is 0.00433. The molecule has 92 valence electrons. The molecule has 0 aliphatic carbocycles. The fraction of sp³-hybridized carbons (Fsp3) is 0.375. The number of carbonyl (C=O) groups is 2. The van der Waals surface area contributed by atoms with Crippen LogP contribution in [0.15, 0.2) is 6.07 Å². The molecule has 0 amide bonds. The highest BCUT2D eigenvalue weighted by atomic mass is 32.2. The van der Waals surface area contributed by atoms with Crippen LogP contribution in [0.2, 0.25) is 0 Å². The van der Waals surface area contributed by atoms with E-state index in [4.69, 9.17) is 5.11 Å². The number of rotatable bonds is 1. The van der Waals surface area contributed by atoms with Crippen LogP contribution in [-0.4, -0.2) is 52.2 Å². The molecule has 17 heavy (non-hydrogen) atoms. The Bertz CT molecular complexity index is 603. The van der Waals surface area contributed by atoms with E-state index in [-0.39, 0.29) is 18.1 Å². The maximum absolute atomic E-state index is 11.6. The zero-order valence-electron chi connectivity index (χ0n) is 8.82. The molecular weight excluding hydrogens is 250 g/mol.